The highest BCUT2D eigenvalue weighted by molar-refractivity contribution is 5.42. The minimum atomic E-state index is 0.0285. The number of anilines is 1. The summed E-state index contributed by atoms with van der Waals surface area (Å²) in [5, 5.41) is 7.55. The van der Waals surface area contributed by atoms with E-state index in [0.717, 1.165) is 24.2 Å². The van der Waals surface area contributed by atoms with Crippen LogP contribution < -0.4 is 11.1 Å². The van der Waals surface area contributed by atoms with Crippen LogP contribution in [-0.4, -0.2) is 21.1 Å². The molecule has 0 radical (unpaired) electrons. The first-order valence-electron chi connectivity index (χ1n) is 6.69. The largest absolute Gasteiger partial charge is 0.353 e. The van der Waals surface area contributed by atoms with Gasteiger partial charge in [-0.15, -0.1) is 5.10 Å². The average Bonchev–Trinajstić information content (AvgIpc) is 2.90. The molecule has 1 atom stereocenters. The van der Waals surface area contributed by atoms with Gasteiger partial charge in [0.1, 0.15) is 0 Å². The Balaban J connectivity index is 1.57. The Morgan fingerprint density at radius 3 is 2.70 bits per heavy atom. The molecule has 0 fully saturated rings. The van der Waals surface area contributed by atoms with Crippen LogP contribution in [0.25, 0.3) is 5.65 Å². The van der Waals surface area contributed by atoms with E-state index in [1.165, 1.54) is 0 Å². The first-order valence-corrected chi connectivity index (χ1v) is 6.69. The summed E-state index contributed by atoms with van der Waals surface area (Å²) in [6.07, 6.45) is 2.71. The van der Waals surface area contributed by atoms with Crippen LogP contribution in [0, 0.1) is 0 Å². The number of hydrogen-bond donors (Lipinski definition) is 2. The molecule has 1 unspecified atom stereocenters. The summed E-state index contributed by atoms with van der Waals surface area (Å²) >= 11 is 0. The topological polar surface area (TPSA) is 68.2 Å². The van der Waals surface area contributed by atoms with Gasteiger partial charge in [-0.1, -0.05) is 36.4 Å². The van der Waals surface area contributed by atoms with Crippen molar-refractivity contribution in [3.05, 3.63) is 60.3 Å². The molecule has 0 saturated carbocycles. The summed E-state index contributed by atoms with van der Waals surface area (Å²) in [4.78, 5) is 4.38. The number of aromatic nitrogens is 3. The summed E-state index contributed by atoms with van der Waals surface area (Å²) in [5.74, 6) is 0.636. The van der Waals surface area contributed by atoms with Gasteiger partial charge in [-0.3, -0.25) is 0 Å². The van der Waals surface area contributed by atoms with Crippen molar-refractivity contribution in [3.8, 4) is 0 Å². The van der Waals surface area contributed by atoms with Crippen LogP contribution in [0.1, 0.15) is 18.0 Å². The number of nitrogens with two attached hydrogens (primary N) is 1. The molecule has 0 aliphatic heterocycles. The van der Waals surface area contributed by atoms with Crippen LogP contribution in [0.5, 0.6) is 0 Å². The van der Waals surface area contributed by atoms with Gasteiger partial charge in [-0.2, -0.15) is 4.98 Å². The van der Waals surface area contributed by atoms with E-state index < -0.39 is 0 Å². The Morgan fingerprint density at radius 1 is 1.10 bits per heavy atom. The molecule has 3 rings (SSSR count). The van der Waals surface area contributed by atoms with Gasteiger partial charge in [0.2, 0.25) is 5.95 Å². The molecule has 1 aromatic carbocycles. The zero-order chi connectivity index (χ0) is 13.8. The highest BCUT2D eigenvalue weighted by Gasteiger charge is 2.06. The van der Waals surface area contributed by atoms with E-state index in [1.807, 2.05) is 54.7 Å². The lowest BCUT2D eigenvalue weighted by Gasteiger charge is -2.11. The normalized spacial score (nSPS) is 12.4. The lowest BCUT2D eigenvalue weighted by Crippen LogP contribution is -2.15. The van der Waals surface area contributed by atoms with Crippen molar-refractivity contribution in [2.24, 2.45) is 5.73 Å². The van der Waals surface area contributed by atoms with Crippen LogP contribution in [0.15, 0.2) is 54.7 Å². The maximum absolute atomic E-state index is 6.15. The summed E-state index contributed by atoms with van der Waals surface area (Å²) < 4.78 is 1.75. The van der Waals surface area contributed by atoms with E-state index >= 15 is 0 Å². The van der Waals surface area contributed by atoms with E-state index in [4.69, 9.17) is 5.73 Å². The van der Waals surface area contributed by atoms with Crippen molar-refractivity contribution in [1.82, 2.24) is 14.6 Å². The van der Waals surface area contributed by atoms with Crippen LogP contribution >= 0.6 is 0 Å². The fraction of sp³-hybridized carbons (Fsp3) is 0.200. The fourth-order valence-electron chi connectivity index (χ4n) is 2.11. The average molecular weight is 267 g/mol. The number of benzene rings is 1. The Labute approximate surface area is 117 Å². The summed E-state index contributed by atoms with van der Waals surface area (Å²) in [6, 6.07) is 15.9. The number of hydrogen-bond acceptors (Lipinski definition) is 4. The molecule has 0 aliphatic carbocycles. The smallest absolute Gasteiger partial charge is 0.243 e. The summed E-state index contributed by atoms with van der Waals surface area (Å²) in [6.45, 7) is 0.743. The number of pyridine rings is 1. The Hall–Kier alpha value is -2.40. The molecule has 20 heavy (non-hydrogen) atoms. The van der Waals surface area contributed by atoms with Crippen molar-refractivity contribution in [2.75, 3.05) is 11.9 Å². The number of rotatable bonds is 5. The molecule has 102 valence electrons. The SMILES string of the molecule is NC(CCNc1nc2ccccn2n1)c1ccccc1. The second-order valence-corrected chi connectivity index (χ2v) is 4.67. The van der Waals surface area contributed by atoms with Crippen LogP contribution in [0.4, 0.5) is 5.95 Å². The maximum atomic E-state index is 6.15. The van der Waals surface area contributed by atoms with E-state index in [0.29, 0.717) is 5.95 Å². The Kier molecular flexibility index (Phi) is 3.60. The zero-order valence-electron chi connectivity index (χ0n) is 11.1. The standard InChI is InChI=1S/C15H17N5/c16-13(12-6-2-1-3-7-12)9-10-17-15-18-14-8-4-5-11-20(14)19-15/h1-8,11,13H,9-10,16H2,(H,17,19). The van der Waals surface area contributed by atoms with Crippen molar-refractivity contribution in [2.45, 2.75) is 12.5 Å². The molecule has 5 nitrogen and oxygen atoms in total. The molecule has 2 aromatic heterocycles. The highest BCUT2D eigenvalue weighted by Crippen LogP contribution is 2.13. The molecule has 0 bridgehead atoms. The predicted octanol–water partition coefficient (Wildman–Crippen LogP) is 2.23. The maximum Gasteiger partial charge on any atom is 0.243 e. The minimum absolute atomic E-state index is 0.0285. The molecule has 2 heterocycles. The van der Waals surface area contributed by atoms with Gasteiger partial charge in [0.15, 0.2) is 5.65 Å². The third-order valence-electron chi connectivity index (χ3n) is 3.21. The molecule has 0 amide bonds. The second-order valence-electron chi connectivity index (χ2n) is 4.67. The molecular formula is C15H17N5. The van der Waals surface area contributed by atoms with Gasteiger partial charge in [0.05, 0.1) is 0 Å². The van der Waals surface area contributed by atoms with Crippen molar-refractivity contribution >= 4 is 11.6 Å². The van der Waals surface area contributed by atoms with E-state index in [1.54, 1.807) is 4.52 Å². The minimum Gasteiger partial charge on any atom is -0.353 e. The van der Waals surface area contributed by atoms with Gasteiger partial charge in [0.25, 0.3) is 0 Å². The molecule has 3 aromatic rings. The van der Waals surface area contributed by atoms with Crippen molar-refractivity contribution in [3.63, 3.8) is 0 Å². The van der Waals surface area contributed by atoms with Crippen LogP contribution in [0.3, 0.4) is 0 Å². The third kappa shape index (κ3) is 2.78. The fourth-order valence-corrected chi connectivity index (χ4v) is 2.11. The Bertz CT molecular complexity index is 644. The number of nitrogens with one attached hydrogen (secondary N) is 1. The first-order chi connectivity index (χ1) is 9.83. The Morgan fingerprint density at radius 2 is 1.90 bits per heavy atom. The van der Waals surface area contributed by atoms with Crippen LogP contribution in [0.2, 0.25) is 0 Å². The number of fused-ring (bicyclic) bond motifs is 1. The number of nitrogens with zero attached hydrogens (tertiary/aromatic N) is 3. The monoisotopic (exact) mass is 267 g/mol. The predicted molar refractivity (Wildman–Crippen MR) is 79.5 cm³/mol. The lowest BCUT2D eigenvalue weighted by atomic mass is 10.1. The van der Waals surface area contributed by atoms with Crippen LogP contribution in [-0.2, 0) is 0 Å². The third-order valence-corrected chi connectivity index (χ3v) is 3.21. The first kappa shape index (κ1) is 12.6. The van der Waals surface area contributed by atoms with Gasteiger partial charge in [-0.25, -0.2) is 4.52 Å². The van der Waals surface area contributed by atoms with Gasteiger partial charge < -0.3 is 11.1 Å². The summed E-state index contributed by atoms with van der Waals surface area (Å²) in [7, 11) is 0. The van der Waals surface area contributed by atoms with Crippen molar-refractivity contribution < 1.29 is 0 Å². The second kappa shape index (κ2) is 5.71. The van der Waals surface area contributed by atoms with Gasteiger partial charge in [-0.05, 0) is 24.1 Å². The molecule has 3 N–H and O–H groups in total. The molecular weight excluding hydrogens is 250 g/mol. The van der Waals surface area contributed by atoms with E-state index in [2.05, 4.69) is 15.4 Å². The molecule has 0 saturated heterocycles. The molecule has 0 aliphatic rings. The summed E-state index contributed by atoms with van der Waals surface area (Å²) in [5.41, 5.74) is 8.13. The quantitative estimate of drug-likeness (QED) is 0.744. The van der Waals surface area contributed by atoms with E-state index in [-0.39, 0.29) is 6.04 Å². The van der Waals surface area contributed by atoms with E-state index in [9.17, 15) is 0 Å². The zero-order valence-corrected chi connectivity index (χ0v) is 11.1. The highest BCUT2D eigenvalue weighted by atomic mass is 15.3. The molecule has 0 spiro atoms. The van der Waals surface area contributed by atoms with Gasteiger partial charge in [0, 0.05) is 18.8 Å². The van der Waals surface area contributed by atoms with Crippen molar-refractivity contribution in [1.29, 1.82) is 0 Å². The van der Waals surface area contributed by atoms with Gasteiger partial charge >= 0.3 is 0 Å². The lowest BCUT2D eigenvalue weighted by molar-refractivity contribution is 0.673. The molecule has 5 heteroatoms.